The topological polar surface area (TPSA) is 50.4 Å². The van der Waals surface area contributed by atoms with Gasteiger partial charge in [0.2, 0.25) is 5.76 Å². The Bertz CT molecular complexity index is 795. The van der Waals surface area contributed by atoms with E-state index in [4.69, 9.17) is 4.42 Å². The standard InChI is InChI=1S/C17H14O3/c1-10-3-6-12(7-4-10)15-14-9-11(2)5-8-13(14)16(20-15)17(18)19/h3-9H,1-2H3,(H,18,19). The summed E-state index contributed by atoms with van der Waals surface area (Å²) in [4.78, 5) is 11.3. The van der Waals surface area contributed by atoms with Crippen LogP contribution >= 0.6 is 0 Å². The summed E-state index contributed by atoms with van der Waals surface area (Å²) in [5.74, 6) is -0.436. The molecule has 1 heterocycles. The van der Waals surface area contributed by atoms with Gasteiger partial charge in [-0.2, -0.15) is 0 Å². The van der Waals surface area contributed by atoms with E-state index in [-0.39, 0.29) is 5.76 Å². The Morgan fingerprint density at radius 2 is 1.60 bits per heavy atom. The molecule has 0 spiro atoms. The number of furan rings is 1. The number of carboxylic acids is 1. The first-order valence-corrected chi connectivity index (χ1v) is 6.40. The second-order valence-electron chi connectivity index (χ2n) is 4.98. The van der Waals surface area contributed by atoms with Crippen molar-refractivity contribution in [2.24, 2.45) is 0 Å². The second kappa shape index (κ2) is 4.53. The van der Waals surface area contributed by atoms with Gasteiger partial charge < -0.3 is 9.52 Å². The molecule has 0 saturated carbocycles. The van der Waals surface area contributed by atoms with Crippen LogP contribution in [0.5, 0.6) is 0 Å². The van der Waals surface area contributed by atoms with Gasteiger partial charge in [-0.25, -0.2) is 4.79 Å². The highest BCUT2D eigenvalue weighted by Crippen LogP contribution is 2.34. The molecule has 1 N–H and O–H groups in total. The first-order valence-electron chi connectivity index (χ1n) is 6.40. The van der Waals surface area contributed by atoms with E-state index in [1.807, 2.05) is 50.2 Å². The molecule has 0 aliphatic carbocycles. The van der Waals surface area contributed by atoms with Crippen LogP contribution in [0, 0.1) is 13.8 Å². The lowest BCUT2D eigenvalue weighted by atomic mass is 10.0. The molecular weight excluding hydrogens is 252 g/mol. The minimum Gasteiger partial charge on any atom is -0.475 e. The predicted molar refractivity (Wildman–Crippen MR) is 78.1 cm³/mol. The van der Waals surface area contributed by atoms with Gasteiger partial charge >= 0.3 is 5.97 Å². The van der Waals surface area contributed by atoms with Crippen molar-refractivity contribution in [3.63, 3.8) is 0 Å². The Balaban J connectivity index is 2.32. The lowest BCUT2D eigenvalue weighted by Crippen LogP contribution is -1.93. The van der Waals surface area contributed by atoms with Gasteiger partial charge in [-0.15, -0.1) is 0 Å². The van der Waals surface area contributed by atoms with E-state index in [9.17, 15) is 9.90 Å². The highest BCUT2D eigenvalue weighted by atomic mass is 16.4. The molecule has 0 aliphatic heterocycles. The summed E-state index contributed by atoms with van der Waals surface area (Å²) >= 11 is 0. The summed E-state index contributed by atoms with van der Waals surface area (Å²) < 4.78 is 5.61. The molecule has 0 bridgehead atoms. The van der Waals surface area contributed by atoms with Crippen molar-refractivity contribution < 1.29 is 14.3 Å². The minimum absolute atomic E-state index is 0.00410. The Kier molecular flexibility index (Phi) is 2.83. The van der Waals surface area contributed by atoms with Crippen LogP contribution in [0.2, 0.25) is 0 Å². The Morgan fingerprint density at radius 3 is 2.25 bits per heavy atom. The SMILES string of the molecule is Cc1ccc(-c2oc(C(=O)O)c3ccc(C)cc23)cc1. The third kappa shape index (κ3) is 1.97. The fraction of sp³-hybridized carbons (Fsp3) is 0.118. The van der Waals surface area contributed by atoms with E-state index in [0.29, 0.717) is 11.1 Å². The fourth-order valence-electron chi connectivity index (χ4n) is 2.33. The Labute approximate surface area is 116 Å². The van der Waals surface area contributed by atoms with Crippen molar-refractivity contribution in [3.8, 4) is 11.3 Å². The summed E-state index contributed by atoms with van der Waals surface area (Å²) in [6.07, 6.45) is 0. The van der Waals surface area contributed by atoms with Crippen molar-refractivity contribution in [1.82, 2.24) is 0 Å². The zero-order valence-corrected chi connectivity index (χ0v) is 11.3. The van der Waals surface area contributed by atoms with Crippen molar-refractivity contribution in [3.05, 3.63) is 59.4 Å². The van der Waals surface area contributed by atoms with Crippen molar-refractivity contribution in [1.29, 1.82) is 0 Å². The molecule has 0 amide bonds. The smallest absolute Gasteiger partial charge is 0.372 e. The van der Waals surface area contributed by atoms with Gasteiger partial charge in [0.15, 0.2) is 0 Å². The van der Waals surface area contributed by atoms with E-state index in [2.05, 4.69) is 0 Å². The lowest BCUT2D eigenvalue weighted by molar-refractivity contribution is 0.0666. The number of carboxylic acid groups (broad SMARTS) is 1. The number of hydrogen-bond donors (Lipinski definition) is 1. The molecule has 0 atom stereocenters. The Morgan fingerprint density at radius 1 is 0.950 bits per heavy atom. The number of rotatable bonds is 2. The van der Waals surface area contributed by atoms with E-state index in [1.54, 1.807) is 6.07 Å². The van der Waals surface area contributed by atoms with Crippen LogP contribution in [0.3, 0.4) is 0 Å². The molecule has 0 radical (unpaired) electrons. The first kappa shape index (κ1) is 12.5. The number of benzene rings is 2. The normalized spacial score (nSPS) is 10.9. The second-order valence-corrected chi connectivity index (χ2v) is 4.98. The van der Waals surface area contributed by atoms with E-state index >= 15 is 0 Å². The molecule has 3 rings (SSSR count). The average molecular weight is 266 g/mol. The number of hydrogen-bond acceptors (Lipinski definition) is 2. The summed E-state index contributed by atoms with van der Waals surface area (Å²) in [6, 6.07) is 13.5. The first-order chi connectivity index (χ1) is 9.56. The molecular formula is C17H14O3. The van der Waals surface area contributed by atoms with Crippen molar-refractivity contribution in [2.75, 3.05) is 0 Å². The monoisotopic (exact) mass is 266 g/mol. The van der Waals surface area contributed by atoms with Crippen LogP contribution in [0.4, 0.5) is 0 Å². The molecule has 3 aromatic rings. The minimum atomic E-state index is -1.04. The third-order valence-electron chi connectivity index (χ3n) is 3.38. The van der Waals surface area contributed by atoms with Gasteiger partial charge in [0, 0.05) is 16.3 Å². The zero-order chi connectivity index (χ0) is 14.3. The zero-order valence-electron chi connectivity index (χ0n) is 11.3. The largest absolute Gasteiger partial charge is 0.475 e. The predicted octanol–water partition coefficient (Wildman–Crippen LogP) is 4.41. The highest BCUT2D eigenvalue weighted by Gasteiger charge is 2.19. The molecule has 0 unspecified atom stereocenters. The van der Waals surface area contributed by atoms with Gasteiger partial charge in [0.25, 0.3) is 0 Å². The number of aromatic carboxylic acids is 1. The van der Waals surface area contributed by atoms with Crippen molar-refractivity contribution >= 4 is 16.7 Å². The summed E-state index contributed by atoms with van der Waals surface area (Å²) in [6.45, 7) is 3.99. The van der Waals surface area contributed by atoms with Gasteiger partial charge in [-0.1, -0.05) is 41.5 Å². The van der Waals surface area contributed by atoms with Crippen LogP contribution in [-0.4, -0.2) is 11.1 Å². The molecule has 20 heavy (non-hydrogen) atoms. The van der Waals surface area contributed by atoms with Crippen LogP contribution in [0.1, 0.15) is 21.7 Å². The van der Waals surface area contributed by atoms with Gasteiger partial charge in [-0.05, 0) is 26.0 Å². The van der Waals surface area contributed by atoms with Crippen LogP contribution in [-0.2, 0) is 0 Å². The number of aryl methyl sites for hydroxylation is 2. The van der Waals surface area contributed by atoms with Gasteiger partial charge in [0.1, 0.15) is 5.76 Å². The molecule has 0 aliphatic rings. The fourth-order valence-corrected chi connectivity index (χ4v) is 2.33. The molecule has 0 fully saturated rings. The average Bonchev–Trinajstić information content (AvgIpc) is 2.78. The third-order valence-corrected chi connectivity index (χ3v) is 3.38. The maximum Gasteiger partial charge on any atom is 0.372 e. The highest BCUT2D eigenvalue weighted by molar-refractivity contribution is 6.06. The maximum atomic E-state index is 11.3. The van der Waals surface area contributed by atoms with Gasteiger partial charge in [-0.3, -0.25) is 0 Å². The summed E-state index contributed by atoms with van der Waals surface area (Å²) in [5.41, 5.74) is 3.11. The molecule has 0 saturated heterocycles. The molecule has 3 nitrogen and oxygen atoms in total. The summed E-state index contributed by atoms with van der Waals surface area (Å²) in [7, 11) is 0. The van der Waals surface area contributed by atoms with Crippen LogP contribution < -0.4 is 0 Å². The van der Waals surface area contributed by atoms with Crippen molar-refractivity contribution in [2.45, 2.75) is 13.8 Å². The van der Waals surface area contributed by atoms with E-state index in [1.165, 1.54) is 0 Å². The Hall–Kier alpha value is -2.55. The number of carbonyl (C=O) groups is 1. The summed E-state index contributed by atoms with van der Waals surface area (Å²) in [5, 5.41) is 10.7. The van der Waals surface area contributed by atoms with E-state index in [0.717, 1.165) is 22.1 Å². The lowest BCUT2D eigenvalue weighted by Gasteiger charge is -1.99. The molecule has 3 heteroatoms. The molecule has 100 valence electrons. The van der Waals surface area contributed by atoms with Crippen LogP contribution in [0.25, 0.3) is 22.1 Å². The number of fused-ring (bicyclic) bond motifs is 1. The van der Waals surface area contributed by atoms with Crippen LogP contribution in [0.15, 0.2) is 46.9 Å². The maximum absolute atomic E-state index is 11.3. The van der Waals surface area contributed by atoms with Gasteiger partial charge in [0.05, 0.1) is 0 Å². The quantitative estimate of drug-likeness (QED) is 0.747. The molecule has 2 aromatic carbocycles. The van der Waals surface area contributed by atoms with E-state index < -0.39 is 5.97 Å². The molecule has 1 aromatic heterocycles.